The van der Waals surface area contributed by atoms with E-state index in [4.69, 9.17) is 9.47 Å². The summed E-state index contributed by atoms with van der Waals surface area (Å²) in [5.74, 6) is 1.61. The predicted octanol–water partition coefficient (Wildman–Crippen LogP) is 2.52. The Labute approximate surface area is 123 Å². The molecule has 0 atom stereocenters. The second-order valence-electron chi connectivity index (χ2n) is 6.07. The molecule has 4 nitrogen and oxygen atoms in total. The van der Waals surface area contributed by atoms with E-state index in [9.17, 15) is 0 Å². The second-order valence-corrected chi connectivity index (χ2v) is 6.07. The molecule has 0 radical (unpaired) electrons. The number of methoxy groups -OCH3 is 2. The molecule has 0 aliphatic carbocycles. The predicted molar refractivity (Wildman–Crippen MR) is 83.6 cm³/mol. The lowest BCUT2D eigenvalue weighted by Crippen LogP contribution is -2.40. The summed E-state index contributed by atoms with van der Waals surface area (Å²) >= 11 is 0. The molecule has 0 fully saturated rings. The van der Waals surface area contributed by atoms with Gasteiger partial charge in [-0.1, -0.05) is 12.1 Å². The van der Waals surface area contributed by atoms with Gasteiger partial charge in [-0.25, -0.2) is 0 Å². The van der Waals surface area contributed by atoms with Crippen molar-refractivity contribution in [1.82, 2.24) is 10.2 Å². The van der Waals surface area contributed by atoms with Crippen LogP contribution in [-0.4, -0.2) is 44.8 Å². The minimum absolute atomic E-state index is 0.161. The van der Waals surface area contributed by atoms with Crippen LogP contribution in [-0.2, 0) is 6.54 Å². The van der Waals surface area contributed by atoms with Gasteiger partial charge in [-0.2, -0.15) is 0 Å². The first-order valence-electron chi connectivity index (χ1n) is 7.01. The van der Waals surface area contributed by atoms with Gasteiger partial charge in [0, 0.05) is 30.7 Å². The minimum atomic E-state index is 0.161. The van der Waals surface area contributed by atoms with E-state index in [1.165, 1.54) is 0 Å². The van der Waals surface area contributed by atoms with E-state index in [1.807, 2.05) is 12.1 Å². The van der Waals surface area contributed by atoms with Crippen LogP contribution in [0.15, 0.2) is 18.2 Å². The molecule has 0 unspecified atom stereocenters. The first kappa shape index (κ1) is 16.8. The number of rotatable bonds is 7. The monoisotopic (exact) mass is 280 g/mol. The highest BCUT2D eigenvalue weighted by molar-refractivity contribution is 5.46. The fraction of sp³-hybridized carbons (Fsp3) is 0.625. The first-order chi connectivity index (χ1) is 9.37. The number of para-hydroxylation sites is 1. The maximum absolute atomic E-state index is 5.46. The number of nitrogens with zero attached hydrogens (tertiary/aromatic N) is 1. The van der Waals surface area contributed by atoms with Crippen LogP contribution in [0, 0.1) is 0 Å². The molecule has 0 saturated carbocycles. The van der Waals surface area contributed by atoms with Crippen molar-refractivity contribution < 1.29 is 9.47 Å². The number of nitrogens with one attached hydrogen (secondary N) is 1. The molecule has 1 aromatic rings. The van der Waals surface area contributed by atoms with Gasteiger partial charge < -0.3 is 19.7 Å². The van der Waals surface area contributed by atoms with E-state index in [0.29, 0.717) is 0 Å². The highest BCUT2D eigenvalue weighted by atomic mass is 16.5. The average Bonchev–Trinajstić information content (AvgIpc) is 2.36. The smallest absolute Gasteiger partial charge is 0.165 e. The number of hydrogen-bond acceptors (Lipinski definition) is 4. The third-order valence-corrected chi connectivity index (χ3v) is 3.07. The van der Waals surface area contributed by atoms with Crippen molar-refractivity contribution in [3.63, 3.8) is 0 Å². The standard InChI is InChI=1S/C16H28N2O2/c1-16(2,3)17-10-11-18(4)12-13-8-7-9-14(19-5)15(13)20-6/h7-9,17H,10-12H2,1-6H3. The summed E-state index contributed by atoms with van der Waals surface area (Å²) < 4.78 is 10.8. The Morgan fingerprint density at radius 2 is 1.85 bits per heavy atom. The zero-order valence-electron chi connectivity index (χ0n) is 13.6. The maximum atomic E-state index is 5.46. The number of benzene rings is 1. The van der Waals surface area contributed by atoms with Crippen molar-refractivity contribution in [2.45, 2.75) is 32.9 Å². The molecule has 1 aromatic carbocycles. The van der Waals surface area contributed by atoms with E-state index < -0.39 is 0 Å². The molecule has 0 bridgehead atoms. The normalized spacial score (nSPS) is 11.8. The van der Waals surface area contributed by atoms with Crippen molar-refractivity contribution in [2.75, 3.05) is 34.4 Å². The highest BCUT2D eigenvalue weighted by Crippen LogP contribution is 2.31. The molecule has 0 heterocycles. The Bertz CT molecular complexity index is 413. The number of likely N-dealkylation sites (N-methyl/N-ethyl adjacent to an activating group) is 1. The maximum Gasteiger partial charge on any atom is 0.165 e. The molecular formula is C16H28N2O2. The lowest BCUT2D eigenvalue weighted by molar-refractivity contribution is 0.293. The van der Waals surface area contributed by atoms with Gasteiger partial charge in [0.05, 0.1) is 14.2 Å². The number of hydrogen-bond donors (Lipinski definition) is 1. The Morgan fingerprint density at radius 3 is 2.40 bits per heavy atom. The van der Waals surface area contributed by atoms with Gasteiger partial charge >= 0.3 is 0 Å². The van der Waals surface area contributed by atoms with Crippen molar-refractivity contribution in [1.29, 1.82) is 0 Å². The third-order valence-electron chi connectivity index (χ3n) is 3.07. The van der Waals surface area contributed by atoms with Crippen LogP contribution >= 0.6 is 0 Å². The Kier molecular flexibility index (Phi) is 6.30. The van der Waals surface area contributed by atoms with Crippen LogP contribution in [0.25, 0.3) is 0 Å². The van der Waals surface area contributed by atoms with Gasteiger partial charge in [-0.05, 0) is 33.9 Å². The molecule has 1 rings (SSSR count). The second kappa shape index (κ2) is 7.50. The van der Waals surface area contributed by atoms with Crippen LogP contribution in [0.4, 0.5) is 0 Å². The van der Waals surface area contributed by atoms with Crippen LogP contribution in [0.5, 0.6) is 11.5 Å². The third kappa shape index (κ3) is 5.39. The summed E-state index contributed by atoms with van der Waals surface area (Å²) in [4.78, 5) is 2.27. The average molecular weight is 280 g/mol. The zero-order valence-corrected chi connectivity index (χ0v) is 13.6. The van der Waals surface area contributed by atoms with Crippen LogP contribution in [0.2, 0.25) is 0 Å². The molecule has 20 heavy (non-hydrogen) atoms. The highest BCUT2D eigenvalue weighted by Gasteiger charge is 2.12. The summed E-state index contributed by atoms with van der Waals surface area (Å²) in [7, 11) is 5.46. The van der Waals surface area contributed by atoms with Gasteiger partial charge in [-0.3, -0.25) is 0 Å². The molecule has 0 aliphatic rings. The zero-order chi connectivity index (χ0) is 15.2. The van der Waals surface area contributed by atoms with E-state index in [0.717, 1.165) is 36.7 Å². The van der Waals surface area contributed by atoms with Gasteiger partial charge in [0.15, 0.2) is 11.5 Å². The summed E-state index contributed by atoms with van der Waals surface area (Å²) in [6.45, 7) is 9.32. The molecule has 4 heteroatoms. The lowest BCUT2D eigenvalue weighted by atomic mass is 10.1. The molecule has 114 valence electrons. The molecule has 0 aliphatic heterocycles. The van der Waals surface area contributed by atoms with Gasteiger partial charge in [0.1, 0.15) is 0 Å². The van der Waals surface area contributed by atoms with Crippen LogP contribution < -0.4 is 14.8 Å². The Morgan fingerprint density at radius 1 is 1.15 bits per heavy atom. The van der Waals surface area contributed by atoms with Crippen molar-refractivity contribution in [3.8, 4) is 11.5 Å². The fourth-order valence-electron chi connectivity index (χ4n) is 2.07. The van der Waals surface area contributed by atoms with Crippen molar-refractivity contribution >= 4 is 0 Å². The molecule has 0 aromatic heterocycles. The SMILES string of the molecule is COc1cccc(CN(C)CCNC(C)(C)C)c1OC. The van der Waals surface area contributed by atoms with Crippen molar-refractivity contribution in [2.24, 2.45) is 0 Å². The molecule has 0 saturated heterocycles. The Hall–Kier alpha value is -1.26. The van der Waals surface area contributed by atoms with E-state index in [2.05, 4.69) is 44.1 Å². The molecule has 0 amide bonds. The van der Waals surface area contributed by atoms with Crippen LogP contribution in [0.3, 0.4) is 0 Å². The minimum Gasteiger partial charge on any atom is -0.493 e. The van der Waals surface area contributed by atoms with Crippen LogP contribution in [0.1, 0.15) is 26.3 Å². The van der Waals surface area contributed by atoms with E-state index in [1.54, 1.807) is 14.2 Å². The summed E-state index contributed by atoms with van der Waals surface area (Å²) in [6.07, 6.45) is 0. The largest absolute Gasteiger partial charge is 0.493 e. The first-order valence-corrected chi connectivity index (χ1v) is 7.01. The summed E-state index contributed by atoms with van der Waals surface area (Å²) in [5.41, 5.74) is 1.30. The molecule has 1 N–H and O–H groups in total. The Balaban J connectivity index is 2.59. The van der Waals surface area contributed by atoms with Gasteiger partial charge in [-0.15, -0.1) is 0 Å². The molecule has 0 spiro atoms. The fourth-order valence-corrected chi connectivity index (χ4v) is 2.07. The lowest BCUT2D eigenvalue weighted by Gasteiger charge is -2.24. The quantitative estimate of drug-likeness (QED) is 0.832. The summed E-state index contributed by atoms with van der Waals surface area (Å²) in [6, 6.07) is 6.00. The topological polar surface area (TPSA) is 33.7 Å². The van der Waals surface area contributed by atoms with E-state index in [-0.39, 0.29) is 5.54 Å². The van der Waals surface area contributed by atoms with Crippen molar-refractivity contribution in [3.05, 3.63) is 23.8 Å². The number of ether oxygens (including phenoxy) is 2. The summed E-state index contributed by atoms with van der Waals surface area (Å²) in [5, 5.41) is 3.49. The van der Waals surface area contributed by atoms with Gasteiger partial charge in [0.25, 0.3) is 0 Å². The molecular weight excluding hydrogens is 252 g/mol. The van der Waals surface area contributed by atoms with E-state index >= 15 is 0 Å². The van der Waals surface area contributed by atoms with Gasteiger partial charge in [0.2, 0.25) is 0 Å².